The first-order chi connectivity index (χ1) is 13.8. The molecule has 0 heterocycles. The Morgan fingerprint density at radius 2 is 1.83 bits per heavy atom. The summed E-state index contributed by atoms with van der Waals surface area (Å²) in [7, 11) is 5.51. The highest BCUT2D eigenvalue weighted by Crippen LogP contribution is 2.39. The van der Waals surface area contributed by atoms with E-state index in [1.807, 2.05) is 18.9 Å². The molecule has 0 unspecified atom stereocenters. The Morgan fingerprint density at radius 3 is 2.34 bits per heavy atom. The van der Waals surface area contributed by atoms with Gasteiger partial charge in [0.2, 0.25) is 5.91 Å². The van der Waals surface area contributed by atoms with Gasteiger partial charge in [-0.05, 0) is 37.5 Å². The highest BCUT2D eigenvalue weighted by molar-refractivity contribution is 5.84. The molecule has 0 atom stereocenters. The first-order valence-corrected chi connectivity index (χ1v) is 10.0. The Labute approximate surface area is 171 Å². The van der Waals surface area contributed by atoms with Crippen LogP contribution in [0, 0.1) is 5.41 Å². The molecule has 1 aliphatic rings. The zero-order valence-corrected chi connectivity index (χ0v) is 17.8. The fourth-order valence-electron chi connectivity index (χ4n) is 3.79. The maximum atomic E-state index is 12.8. The zero-order valence-electron chi connectivity index (χ0n) is 17.8. The van der Waals surface area contributed by atoms with Crippen LogP contribution in [0.25, 0.3) is 0 Å². The second-order valence-electron chi connectivity index (χ2n) is 7.74. The van der Waals surface area contributed by atoms with E-state index in [4.69, 9.17) is 4.99 Å². The van der Waals surface area contributed by atoms with Crippen LogP contribution in [-0.4, -0.2) is 62.5 Å². The molecule has 162 valence electrons. The standard InChI is InChI=1S/C21H32F2N4O2/c1-5-24-20(25-15-21(12-6-7-13-21)18(28)26(2)3)27(4)14-16-8-10-17(11-9-16)29-19(22)23/h8-11,19H,5-7,12-15H2,1-4H3,(H,24,25). The smallest absolute Gasteiger partial charge is 0.387 e. The highest BCUT2D eigenvalue weighted by Gasteiger charge is 2.42. The normalized spacial score (nSPS) is 16.0. The quantitative estimate of drug-likeness (QED) is 0.528. The maximum absolute atomic E-state index is 12.8. The number of nitrogens with one attached hydrogen (secondary N) is 1. The number of carbonyl (C=O) groups is 1. The predicted molar refractivity (Wildman–Crippen MR) is 110 cm³/mol. The average molecular weight is 411 g/mol. The minimum atomic E-state index is -2.83. The Morgan fingerprint density at radius 1 is 1.21 bits per heavy atom. The van der Waals surface area contributed by atoms with Crippen LogP contribution in [0.2, 0.25) is 0 Å². The third kappa shape index (κ3) is 6.30. The lowest BCUT2D eigenvalue weighted by Crippen LogP contribution is -2.43. The van der Waals surface area contributed by atoms with Gasteiger partial charge >= 0.3 is 6.61 Å². The Balaban J connectivity index is 2.09. The lowest BCUT2D eigenvalue weighted by molar-refractivity contribution is -0.138. The number of carbonyl (C=O) groups excluding carboxylic acids is 1. The summed E-state index contributed by atoms with van der Waals surface area (Å²) in [6.07, 6.45) is 3.83. The summed E-state index contributed by atoms with van der Waals surface area (Å²) >= 11 is 0. The van der Waals surface area contributed by atoms with Gasteiger partial charge in [-0.1, -0.05) is 25.0 Å². The van der Waals surface area contributed by atoms with Gasteiger partial charge in [-0.15, -0.1) is 0 Å². The Bertz CT molecular complexity index is 686. The van der Waals surface area contributed by atoms with Gasteiger partial charge < -0.3 is 19.9 Å². The van der Waals surface area contributed by atoms with Gasteiger partial charge in [0.1, 0.15) is 5.75 Å². The van der Waals surface area contributed by atoms with Gasteiger partial charge in [-0.2, -0.15) is 8.78 Å². The van der Waals surface area contributed by atoms with Crippen LogP contribution >= 0.6 is 0 Å². The average Bonchev–Trinajstić information content (AvgIpc) is 3.15. The fourth-order valence-corrected chi connectivity index (χ4v) is 3.79. The lowest BCUT2D eigenvalue weighted by atomic mass is 9.85. The SMILES string of the molecule is CCNC(=NCC1(C(=O)N(C)C)CCCC1)N(C)Cc1ccc(OC(F)F)cc1. The number of benzene rings is 1. The van der Waals surface area contributed by atoms with E-state index in [1.54, 1.807) is 31.1 Å². The molecule has 2 rings (SSSR count). The molecule has 29 heavy (non-hydrogen) atoms. The van der Waals surface area contributed by atoms with Crippen LogP contribution in [-0.2, 0) is 11.3 Å². The molecule has 0 saturated heterocycles. The number of aliphatic imine (C=N–C) groups is 1. The third-order valence-corrected chi connectivity index (χ3v) is 5.22. The van der Waals surface area contributed by atoms with Gasteiger partial charge in [-0.25, -0.2) is 0 Å². The van der Waals surface area contributed by atoms with Crippen molar-refractivity contribution in [2.75, 3.05) is 34.2 Å². The number of ether oxygens (including phenoxy) is 1. The van der Waals surface area contributed by atoms with Crippen molar-refractivity contribution in [3.63, 3.8) is 0 Å². The molecule has 1 aromatic rings. The second-order valence-corrected chi connectivity index (χ2v) is 7.74. The minimum Gasteiger partial charge on any atom is -0.435 e. The Hall–Kier alpha value is -2.38. The van der Waals surface area contributed by atoms with E-state index >= 15 is 0 Å². The molecule has 1 aromatic carbocycles. The topological polar surface area (TPSA) is 57.2 Å². The number of hydrogen-bond donors (Lipinski definition) is 1. The third-order valence-electron chi connectivity index (χ3n) is 5.22. The molecule has 0 spiro atoms. The van der Waals surface area contributed by atoms with Crippen molar-refractivity contribution in [3.05, 3.63) is 29.8 Å². The van der Waals surface area contributed by atoms with Crippen molar-refractivity contribution < 1.29 is 18.3 Å². The first kappa shape index (κ1) is 22.9. The van der Waals surface area contributed by atoms with E-state index in [0.29, 0.717) is 19.6 Å². The first-order valence-electron chi connectivity index (χ1n) is 10.0. The van der Waals surface area contributed by atoms with Crippen LogP contribution in [0.4, 0.5) is 8.78 Å². The summed E-state index contributed by atoms with van der Waals surface area (Å²) in [6, 6.07) is 6.57. The van der Waals surface area contributed by atoms with Crippen molar-refractivity contribution in [2.45, 2.75) is 45.8 Å². The molecule has 1 amide bonds. The van der Waals surface area contributed by atoms with E-state index in [9.17, 15) is 13.6 Å². The van der Waals surface area contributed by atoms with Crippen LogP contribution in [0.5, 0.6) is 5.75 Å². The van der Waals surface area contributed by atoms with Crippen LogP contribution < -0.4 is 10.1 Å². The maximum Gasteiger partial charge on any atom is 0.387 e. The van der Waals surface area contributed by atoms with Gasteiger partial charge in [0, 0.05) is 34.2 Å². The molecule has 0 aliphatic heterocycles. The molecule has 1 N–H and O–H groups in total. The number of nitrogens with zero attached hydrogens (tertiary/aromatic N) is 3. The zero-order chi connectivity index (χ0) is 21.4. The van der Waals surface area contributed by atoms with Gasteiger partial charge in [0.15, 0.2) is 5.96 Å². The summed E-state index contributed by atoms with van der Waals surface area (Å²) in [5.74, 6) is 1.00. The minimum absolute atomic E-state index is 0.136. The molecule has 0 bridgehead atoms. The van der Waals surface area contributed by atoms with Crippen LogP contribution in [0.1, 0.15) is 38.2 Å². The Kier molecular flexibility index (Phi) is 8.22. The molecule has 1 aliphatic carbocycles. The fraction of sp³-hybridized carbons (Fsp3) is 0.619. The summed E-state index contributed by atoms with van der Waals surface area (Å²) < 4.78 is 29.0. The number of amides is 1. The lowest BCUT2D eigenvalue weighted by Gasteiger charge is -2.30. The molecular weight excluding hydrogens is 378 g/mol. The summed E-state index contributed by atoms with van der Waals surface area (Å²) in [5.41, 5.74) is 0.527. The van der Waals surface area contributed by atoms with Crippen LogP contribution in [0.3, 0.4) is 0 Å². The van der Waals surface area contributed by atoms with Gasteiger partial charge in [0.25, 0.3) is 0 Å². The number of halogens is 2. The van der Waals surface area contributed by atoms with Gasteiger partial charge in [-0.3, -0.25) is 9.79 Å². The van der Waals surface area contributed by atoms with E-state index in [1.165, 1.54) is 12.1 Å². The number of guanidine groups is 1. The summed E-state index contributed by atoms with van der Waals surface area (Å²) in [6.45, 7) is 0.881. The summed E-state index contributed by atoms with van der Waals surface area (Å²) in [4.78, 5) is 21.2. The van der Waals surface area contributed by atoms with Crippen LogP contribution in [0.15, 0.2) is 29.3 Å². The van der Waals surface area contributed by atoms with Crippen molar-refractivity contribution in [2.24, 2.45) is 10.4 Å². The molecule has 8 heteroatoms. The van der Waals surface area contributed by atoms with Crippen molar-refractivity contribution in [1.82, 2.24) is 15.1 Å². The van der Waals surface area contributed by atoms with Gasteiger partial charge in [0.05, 0.1) is 12.0 Å². The molecule has 0 radical (unpaired) electrons. The molecule has 6 nitrogen and oxygen atoms in total. The van der Waals surface area contributed by atoms with E-state index in [0.717, 1.165) is 37.2 Å². The monoisotopic (exact) mass is 410 g/mol. The van der Waals surface area contributed by atoms with E-state index < -0.39 is 12.0 Å². The second kappa shape index (κ2) is 10.4. The number of alkyl halides is 2. The molecule has 1 saturated carbocycles. The largest absolute Gasteiger partial charge is 0.435 e. The number of hydrogen-bond acceptors (Lipinski definition) is 3. The van der Waals surface area contributed by atoms with Crippen molar-refractivity contribution in [1.29, 1.82) is 0 Å². The summed E-state index contributed by atoms with van der Waals surface area (Å²) in [5, 5.41) is 3.28. The van der Waals surface area contributed by atoms with Crippen molar-refractivity contribution in [3.8, 4) is 5.75 Å². The molecule has 1 fully saturated rings. The van der Waals surface area contributed by atoms with E-state index in [-0.39, 0.29) is 11.7 Å². The van der Waals surface area contributed by atoms with Crippen molar-refractivity contribution >= 4 is 11.9 Å². The number of rotatable bonds is 8. The molecule has 0 aromatic heterocycles. The predicted octanol–water partition coefficient (Wildman–Crippen LogP) is 3.33. The molecular formula is C21H32F2N4O2. The highest BCUT2D eigenvalue weighted by atomic mass is 19.3. The van der Waals surface area contributed by atoms with E-state index in [2.05, 4.69) is 10.1 Å².